The molecule has 0 aliphatic heterocycles. The second-order valence-electron chi connectivity index (χ2n) is 4.89. The average molecular weight is 420 g/mol. The Kier molecular flexibility index (Phi) is 8.52. The first kappa shape index (κ1) is 18.7. The molecule has 1 rings (SSSR count). The molecule has 3 nitrogen and oxygen atoms in total. The molecule has 0 N–H and O–H groups in total. The summed E-state index contributed by atoms with van der Waals surface area (Å²) in [7, 11) is 0. The SMILES string of the molecule is CCN(CC)CCCN(CC)C(=O)c1cc(Br)ccc1Br. The van der Waals surface area contributed by atoms with E-state index in [0.29, 0.717) is 5.56 Å². The van der Waals surface area contributed by atoms with Crippen LogP contribution in [0.5, 0.6) is 0 Å². The molecular weight excluding hydrogens is 396 g/mol. The fourth-order valence-corrected chi connectivity index (χ4v) is 3.04. The lowest BCUT2D eigenvalue weighted by Crippen LogP contribution is -2.34. The van der Waals surface area contributed by atoms with Crippen molar-refractivity contribution in [2.24, 2.45) is 0 Å². The molecular formula is C16H24Br2N2O. The molecule has 1 aromatic carbocycles. The van der Waals surface area contributed by atoms with Gasteiger partial charge in [0.15, 0.2) is 0 Å². The molecule has 0 unspecified atom stereocenters. The molecule has 0 fully saturated rings. The normalized spacial score (nSPS) is 11.0. The number of hydrogen-bond acceptors (Lipinski definition) is 2. The molecule has 0 saturated heterocycles. The predicted octanol–water partition coefficient (Wildman–Crippen LogP) is 4.41. The van der Waals surface area contributed by atoms with Crippen molar-refractivity contribution in [3.8, 4) is 0 Å². The van der Waals surface area contributed by atoms with Crippen molar-refractivity contribution in [2.75, 3.05) is 32.7 Å². The van der Waals surface area contributed by atoms with Crippen LogP contribution in [0.1, 0.15) is 37.6 Å². The van der Waals surface area contributed by atoms with Crippen LogP contribution in [-0.4, -0.2) is 48.4 Å². The van der Waals surface area contributed by atoms with Gasteiger partial charge in [-0.05, 0) is 67.1 Å². The molecule has 0 aliphatic rings. The van der Waals surface area contributed by atoms with Gasteiger partial charge in [0.05, 0.1) is 5.56 Å². The molecule has 0 heterocycles. The second-order valence-corrected chi connectivity index (χ2v) is 6.66. The third-order valence-corrected chi connectivity index (χ3v) is 4.81. The Labute approximate surface area is 144 Å². The Bertz CT molecular complexity index is 462. The molecule has 0 atom stereocenters. The first-order chi connectivity index (χ1) is 10.0. The van der Waals surface area contributed by atoms with Gasteiger partial charge in [0.1, 0.15) is 0 Å². The zero-order valence-corrected chi connectivity index (χ0v) is 16.2. The van der Waals surface area contributed by atoms with E-state index in [1.807, 2.05) is 30.0 Å². The lowest BCUT2D eigenvalue weighted by molar-refractivity contribution is 0.0756. The van der Waals surface area contributed by atoms with E-state index >= 15 is 0 Å². The maximum absolute atomic E-state index is 12.6. The van der Waals surface area contributed by atoms with E-state index in [1.54, 1.807) is 0 Å². The molecule has 0 aromatic heterocycles. The first-order valence-electron chi connectivity index (χ1n) is 7.50. The van der Waals surface area contributed by atoms with Crippen LogP contribution in [-0.2, 0) is 0 Å². The van der Waals surface area contributed by atoms with Gasteiger partial charge in [-0.15, -0.1) is 0 Å². The average Bonchev–Trinajstić information content (AvgIpc) is 2.49. The van der Waals surface area contributed by atoms with Crippen molar-refractivity contribution in [3.63, 3.8) is 0 Å². The summed E-state index contributed by atoms with van der Waals surface area (Å²) in [5, 5.41) is 0. The summed E-state index contributed by atoms with van der Waals surface area (Å²) in [5.41, 5.74) is 0.717. The minimum Gasteiger partial charge on any atom is -0.339 e. The van der Waals surface area contributed by atoms with E-state index < -0.39 is 0 Å². The number of hydrogen-bond donors (Lipinski definition) is 0. The zero-order chi connectivity index (χ0) is 15.8. The van der Waals surface area contributed by atoms with Gasteiger partial charge in [0.25, 0.3) is 5.91 Å². The Morgan fingerprint density at radius 3 is 2.29 bits per heavy atom. The van der Waals surface area contributed by atoms with Crippen LogP contribution >= 0.6 is 31.9 Å². The molecule has 0 radical (unpaired) electrons. The van der Waals surface area contributed by atoms with Gasteiger partial charge in [-0.2, -0.15) is 0 Å². The number of nitrogens with zero attached hydrogens (tertiary/aromatic N) is 2. The van der Waals surface area contributed by atoms with Crippen molar-refractivity contribution in [2.45, 2.75) is 27.2 Å². The fourth-order valence-electron chi connectivity index (χ4n) is 2.26. The Balaban J connectivity index is 2.67. The molecule has 0 aliphatic carbocycles. The lowest BCUT2D eigenvalue weighted by atomic mass is 10.2. The van der Waals surface area contributed by atoms with Crippen molar-refractivity contribution >= 4 is 37.8 Å². The molecule has 5 heteroatoms. The zero-order valence-electron chi connectivity index (χ0n) is 13.0. The van der Waals surface area contributed by atoms with Crippen LogP contribution in [0.25, 0.3) is 0 Å². The number of benzene rings is 1. The highest BCUT2D eigenvalue weighted by molar-refractivity contribution is 9.11. The quantitative estimate of drug-likeness (QED) is 0.623. The van der Waals surface area contributed by atoms with Gasteiger partial charge < -0.3 is 9.80 Å². The molecule has 1 aromatic rings. The van der Waals surface area contributed by atoms with E-state index in [1.165, 1.54) is 0 Å². The molecule has 0 saturated carbocycles. The van der Waals surface area contributed by atoms with Crippen molar-refractivity contribution in [1.29, 1.82) is 0 Å². The van der Waals surface area contributed by atoms with Crippen LogP contribution in [0.4, 0.5) is 0 Å². The fraction of sp³-hybridized carbons (Fsp3) is 0.562. The third-order valence-electron chi connectivity index (χ3n) is 3.62. The number of carbonyl (C=O) groups is 1. The number of carbonyl (C=O) groups excluding carboxylic acids is 1. The van der Waals surface area contributed by atoms with Gasteiger partial charge in [0, 0.05) is 22.0 Å². The maximum atomic E-state index is 12.6. The third kappa shape index (κ3) is 5.72. The van der Waals surface area contributed by atoms with Crippen LogP contribution in [0.3, 0.4) is 0 Å². The van der Waals surface area contributed by atoms with Crippen molar-refractivity contribution < 1.29 is 4.79 Å². The van der Waals surface area contributed by atoms with Gasteiger partial charge in [0.2, 0.25) is 0 Å². The molecule has 1 amide bonds. The Morgan fingerprint density at radius 1 is 1.05 bits per heavy atom. The first-order valence-corrected chi connectivity index (χ1v) is 9.08. The minimum absolute atomic E-state index is 0.0882. The van der Waals surface area contributed by atoms with E-state index in [9.17, 15) is 4.79 Å². The summed E-state index contributed by atoms with van der Waals surface area (Å²) < 4.78 is 1.77. The van der Waals surface area contributed by atoms with Crippen LogP contribution < -0.4 is 0 Å². The maximum Gasteiger partial charge on any atom is 0.255 e. The van der Waals surface area contributed by atoms with E-state index in [-0.39, 0.29) is 5.91 Å². The van der Waals surface area contributed by atoms with Crippen LogP contribution in [0.15, 0.2) is 27.1 Å². The van der Waals surface area contributed by atoms with Crippen molar-refractivity contribution in [3.05, 3.63) is 32.7 Å². The van der Waals surface area contributed by atoms with E-state index in [4.69, 9.17) is 0 Å². The molecule has 0 bridgehead atoms. The number of halogens is 2. The van der Waals surface area contributed by atoms with E-state index in [0.717, 1.165) is 48.1 Å². The Morgan fingerprint density at radius 2 is 1.71 bits per heavy atom. The monoisotopic (exact) mass is 418 g/mol. The summed E-state index contributed by atoms with van der Waals surface area (Å²) in [5.74, 6) is 0.0882. The smallest absolute Gasteiger partial charge is 0.255 e. The van der Waals surface area contributed by atoms with Crippen molar-refractivity contribution in [1.82, 2.24) is 9.80 Å². The highest BCUT2D eigenvalue weighted by Crippen LogP contribution is 2.23. The van der Waals surface area contributed by atoms with Crippen LogP contribution in [0, 0.1) is 0 Å². The highest BCUT2D eigenvalue weighted by Gasteiger charge is 2.17. The largest absolute Gasteiger partial charge is 0.339 e. The molecule has 0 spiro atoms. The van der Waals surface area contributed by atoms with Gasteiger partial charge in [-0.25, -0.2) is 0 Å². The summed E-state index contributed by atoms with van der Waals surface area (Å²) in [6, 6.07) is 5.71. The summed E-state index contributed by atoms with van der Waals surface area (Å²) >= 11 is 6.89. The van der Waals surface area contributed by atoms with Gasteiger partial charge >= 0.3 is 0 Å². The predicted molar refractivity (Wildman–Crippen MR) is 95.8 cm³/mol. The van der Waals surface area contributed by atoms with Crippen LogP contribution in [0.2, 0.25) is 0 Å². The van der Waals surface area contributed by atoms with Gasteiger partial charge in [-0.3, -0.25) is 4.79 Å². The number of rotatable bonds is 8. The highest BCUT2D eigenvalue weighted by atomic mass is 79.9. The van der Waals surface area contributed by atoms with E-state index in [2.05, 4.69) is 50.6 Å². The molecule has 21 heavy (non-hydrogen) atoms. The Hall–Kier alpha value is -0.390. The topological polar surface area (TPSA) is 23.6 Å². The van der Waals surface area contributed by atoms with Gasteiger partial charge in [-0.1, -0.05) is 29.8 Å². The number of amides is 1. The molecule has 118 valence electrons. The standard InChI is InChI=1S/C16H24Br2N2O/c1-4-19(5-2)10-7-11-20(6-3)16(21)14-12-13(17)8-9-15(14)18/h8-9,12H,4-7,10-11H2,1-3H3. The summed E-state index contributed by atoms with van der Waals surface area (Å²) in [4.78, 5) is 16.9. The second kappa shape index (κ2) is 9.59. The summed E-state index contributed by atoms with van der Waals surface area (Å²) in [6.45, 7) is 11.1. The summed E-state index contributed by atoms with van der Waals surface area (Å²) in [6.07, 6.45) is 1.01. The lowest BCUT2D eigenvalue weighted by Gasteiger charge is -2.24. The minimum atomic E-state index is 0.0882.